The number of nitrogen functional groups attached to an aromatic ring is 1. The van der Waals surface area contributed by atoms with Gasteiger partial charge in [-0.2, -0.15) is 5.10 Å². The van der Waals surface area contributed by atoms with Crippen molar-refractivity contribution in [3.63, 3.8) is 0 Å². The van der Waals surface area contributed by atoms with Crippen molar-refractivity contribution in [2.75, 3.05) is 5.73 Å². The summed E-state index contributed by atoms with van der Waals surface area (Å²) in [5.41, 5.74) is 8.98. The van der Waals surface area contributed by atoms with Crippen LogP contribution in [0.4, 0.5) is 5.69 Å². The summed E-state index contributed by atoms with van der Waals surface area (Å²) in [5, 5.41) is 5.80. The number of carbonyl (C=O) groups is 1. The van der Waals surface area contributed by atoms with Gasteiger partial charge in [0.05, 0.1) is 11.8 Å². The molecule has 0 radical (unpaired) electrons. The van der Waals surface area contributed by atoms with E-state index in [-0.39, 0.29) is 5.91 Å². The number of nitrogens with one attached hydrogen (secondary N) is 1. The van der Waals surface area contributed by atoms with Crippen molar-refractivity contribution in [2.24, 2.45) is 5.10 Å². The van der Waals surface area contributed by atoms with Gasteiger partial charge in [-0.15, -0.1) is 11.3 Å². The second-order valence-corrected chi connectivity index (χ2v) is 4.28. The van der Waals surface area contributed by atoms with Gasteiger partial charge in [0.25, 0.3) is 5.91 Å². The van der Waals surface area contributed by atoms with Crippen LogP contribution in [0, 0.1) is 0 Å². The van der Waals surface area contributed by atoms with Crippen LogP contribution in [0.25, 0.3) is 0 Å². The van der Waals surface area contributed by atoms with Gasteiger partial charge < -0.3 is 5.73 Å². The van der Waals surface area contributed by atoms with Crippen molar-refractivity contribution in [1.29, 1.82) is 0 Å². The third-order valence-corrected chi connectivity index (χ3v) is 2.91. The second kappa shape index (κ2) is 5.27. The Balaban J connectivity index is 2.01. The van der Waals surface area contributed by atoms with Crippen LogP contribution < -0.4 is 11.2 Å². The highest BCUT2D eigenvalue weighted by atomic mass is 32.1. The average Bonchev–Trinajstić information content (AvgIpc) is 2.82. The van der Waals surface area contributed by atoms with Gasteiger partial charge >= 0.3 is 0 Å². The lowest BCUT2D eigenvalue weighted by Crippen LogP contribution is -2.18. The van der Waals surface area contributed by atoms with Crippen LogP contribution in [0.2, 0.25) is 0 Å². The number of para-hydroxylation sites is 1. The zero-order valence-corrected chi connectivity index (χ0v) is 9.78. The van der Waals surface area contributed by atoms with Crippen molar-refractivity contribution in [1.82, 2.24) is 5.43 Å². The number of rotatable bonds is 3. The summed E-state index contributed by atoms with van der Waals surface area (Å²) < 4.78 is 0. The van der Waals surface area contributed by atoms with Gasteiger partial charge in [0.1, 0.15) is 0 Å². The number of amides is 1. The van der Waals surface area contributed by atoms with Crippen LogP contribution in [0.15, 0.2) is 46.9 Å². The molecule has 1 aromatic heterocycles. The summed E-state index contributed by atoms with van der Waals surface area (Å²) in [7, 11) is 0. The lowest BCUT2D eigenvalue weighted by Gasteiger charge is -2.02. The maximum Gasteiger partial charge on any atom is 0.273 e. The Bertz CT molecular complexity index is 534. The molecule has 5 heteroatoms. The number of benzene rings is 1. The molecule has 1 heterocycles. The van der Waals surface area contributed by atoms with Crippen molar-refractivity contribution >= 4 is 29.1 Å². The smallest absolute Gasteiger partial charge is 0.273 e. The molecule has 0 atom stereocenters. The second-order valence-electron chi connectivity index (χ2n) is 3.30. The molecule has 0 unspecified atom stereocenters. The van der Waals surface area contributed by atoms with Gasteiger partial charge in [-0.1, -0.05) is 18.2 Å². The number of nitrogens with zero attached hydrogens (tertiary/aromatic N) is 1. The number of carbonyl (C=O) groups excluding carboxylic acids is 1. The minimum atomic E-state index is -0.309. The highest BCUT2D eigenvalue weighted by Crippen LogP contribution is 2.09. The van der Waals surface area contributed by atoms with E-state index in [1.54, 1.807) is 41.8 Å². The largest absolute Gasteiger partial charge is 0.398 e. The first kappa shape index (κ1) is 11.3. The van der Waals surface area contributed by atoms with Crippen LogP contribution >= 0.6 is 11.3 Å². The first-order valence-corrected chi connectivity index (χ1v) is 5.87. The predicted molar refractivity (Wildman–Crippen MR) is 70.2 cm³/mol. The number of nitrogens with two attached hydrogens (primary N) is 1. The molecule has 0 fully saturated rings. The predicted octanol–water partition coefficient (Wildman–Crippen LogP) is 2.09. The molecule has 0 aliphatic rings. The van der Waals surface area contributed by atoms with Gasteiger partial charge in [-0.3, -0.25) is 4.79 Å². The molecule has 17 heavy (non-hydrogen) atoms. The average molecular weight is 245 g/mol. The molecule has 1 aromatic carbocycles. The lowest BCUT2D eigenvalue weighted by atomic mass is 10.2. The van der Waals surface area contributed by atoms with Crippen LogP contribution in [0.5, 0.6) is 0 Å². The number of thiophene rings is 1. The number of anilines is 1. The Hall–Kier alpha value is -2.14. The highest BCUT2D eigenvalue weighted by Gasteiger charge is 2.06. The van der Waals surface area contributed by atoms with Crippen molar-refractivity contribution < 1.29 is 4.79 Å². The van der Waals surface area contributed by atoms with E-state index in [1.165, 1.54) is 0 Å². The molecular formula is C12H11N3OS. The molecule has 1 amide bonds. The summed E-state index contributed by atoms with van der Waals surface area (Å²) in [6.07, 6.45) is 1.60. The minimum absolute atomic E-state index is 0.309. The SMILES string of the molecule is Nc1ccccc1C(=O)N/N=C\c1cccs1. The molecule has 0 aliphatic carbocycles. The summed E-state index contributed by atoms with van der Waals surface area (Å²) in [6.45, 7) is 0. The van der Waals surface area contributed by atoms with Crippen molar-refractivity contribution in [3.05, 3.63) is 52.2 Å². The fourth-order valence-corrected chi connectivity index (χ4v) is 1.87. The maximum atomic E-state index is 11.7. The van der Waals surface area contributed by atoms with E-state index in [9.17, 15) is 4.79 Å². The summed E-state index contributed by atoms with van der Waals surface area (Å²) in [5.74, 6) is -0.309. The standard InChI is InChI=1S/C12H11N3OS/c13-11-6-2-1-5-10(11)12(16)15-14-8-9-4-3-7-17-9/h1-8H,13H2,(H,15,16)/b14-8-. The Kier molecular flexibility index (Phi) is 3.52. The van der Waals surface area contributed by atoms with Crippen molar-refractivity contribution in [3.8, 4) is 0 Å². The Morgan fingerprint density at radius 1 is 1.29 bits per heavy atom. The quantitative estimate of drug-likeness (QED) is 0.494. The molecule has 3 N–H and O–H groups in total. The van der Waals surface area contributed by atoms with Crippen LogP contribution in [-0.2, 0) is 0 Å². The monoisotopic (exact) mass is 245 g/mol. The molecule has 0 spiro atoms. The number of hydrogen-bond acceptors (Lipinski definition) is 4. The summed E-state index contributed by atoms with van der Waals surface area (Å²) in [6, 6.07) is 10.7. The molecule has 4 nitrogen and oxygen atoms in total. The molecule has 0 saturated carbocycles. The van der Waals surface area contributed by atoms with E-state index in [0.717, 1.165) is 4.88 Å². The third kappa shape index (κ3) is 2.92. The van der Waals surface area contributed by atoms with Gasteiger partial charge in [0.15, 0.2) is 0 Å². The molecule has 86 valence electrons. The van der Waals surface area contributed by atoms with E-state index < -0.39 is 0 Å². The molecule has 2 aromatic rings. The normalized spacial score (nSPS) is 10.6. The van der Waals surface area contributed by atoms with E-state index in [4.69, 9.17) is 5.73 Å². The summed E-state index contributed by atoms with van der Waals surface area (Å²) in [4.78, 5) is 12.7. The van der Waals surface area contributed by atoms with Gasteiger partial charge in [-0.05, 0) is 23.6 Å². The molecule has 0 saturated heterocycles. The first-order valence-electron chi connectivity index (χ1n) is 4.99. The zero-order chi connectivity index (χ0) is 12.1. The molecule has 2 rings (SSSR count). The van der Waals surface area contributed by atoms with Gasteiger partial charge in [0, 0.05) is 10.6 Å². The zero-order valence-electron chi connectivity index (χ0n) is 8.96. The van der Waals surface area contributed by atoms with Gasteiger partial charge in [0.2, 0.25) is 0 Å². The Morgan fingerprint density at radius 3 is 2.82 bits per heavy atom. The van der Waals surface area contributed by atoms with Crippen LogP contribution in [-0.4, -0.2) is 12.1 Å². The van der Waals surface area contributed by atoms with E-state index in [0.29, 0.717) is 11.3 Å². The lowest BCUT2D eigenvalue weighted by molar-refractivity contribution is 0.0956. The van der Waals surface area contributed by atoms with Crippen LogP contribution in [0.3, 0.4) is 0 Å². The first-order chi connectivity index (χ1) is 8.27. The topological polar surface area (TPSA) is 67.5 Å². The number of hydrogen-bond donors (Lipinski definition) is 2. The summed E-state index contributed by atoms with van der Waals surface area (Å²) >= 11 is 1.55. The number of hydrazone groups is 1. The third-order valence-electron chi connectivity index (χ3n) is 2.11. The maximum absolute atomic E-state index is 11.7. The fourth-order valence-electron chi connectivity index (χ4n) is 1.28. The van der Waals surface area contributed by atoms with E-state index in [2.05, 4.69) is 10.5 Å². The minimum Gasteiger partial charge on any atom is -0.398 e. The van der Waals surface area contributed by atoms with Crippen molar-refractivity contribution in [2.45, 2.75) is 0 Å². The molecule has 0 aliphatic heterocycles. The Labute approximate surface area is 103 Å². The Morgan fingerprint density at radius 2 is 2.12 bits per heavy atom. The van der Waals surface area contributed by atoms with Gasteiger partial charge in [-0.25, -0.2) is 5.43 Å². The molecule has 0 bridgehead atoms. The van der Waals surface area contributed by atoms with Crippen LogP contribution in [0.1, 0.15) is 15.2 Å². The van der Waals surface area contributed by atoms with E-state index in [1.807, 2.05) is 17.5 Å². The molecular weight excluding hydrogens is 234 g/mol. The highest BCUT2D eigenvalue weighted by molar-refractivity contribution is 7.11. The van der Waals surface area contributed by atoms with E-state index >= 15 is 0 Å². The fraction of sp³-hybridized carbons (Fsp3) is 0.